The molecule has 0 saturated carbocycles. The Bertz CT molecular complexity index is 737. The number of hydrogen-bond donors (Lipinski definition) is 1. The van der Waals surface area contributed by atoms with Gasteiger partial charge in [-0.25, -0.2) is 0 Å². The Morgan fingerprint density at radius 2 is 1.74 bits per heavy atom. The Kier molecular flexibility index (Phi) is 5.06. The summed E-state index contributed by atoms with van der Waals surface area (Å²) in [7, 11) is 0. The zero-order valence-electron chi connectivity index (χ0n) is 12.6. The second kappa shape index (κ2) is 7.61. The summed E-state index contributed by atoms with van der Waals surface area (Å²) in [5.41, 5.74) is 2.02. The van der Waals surface area contributed by atoms with Crippen molar-refractivity contribution in [3.8, 4) is 5.75 Å². The van der Waals surface area contributed by atoms with Crippen LogP contribution in [0.15, 0.2) is 72.1 Å². The molecular formula is C19H17NO2S. The molecule has 116 valence electrons. The van der Waals surface area contributed by atoms with Crippen molar-refractivity contribution in [3.05, 3.63) is 82.6 Å². The second-order valence-electron chi connectivity index (χ2n) is 5.04. The first-order valence-corrected chi connectivity index (χ1v) is 8.31. The highest BCUT2D eigenvalue weighted by molar-refractivity contribution is 7.12. The molecule has 4 heteroatoms. The van der Waals surface area contributed by atoms with Crippen molar-refractivity contribution in [2.75, 3.05) is 11.9 Å². The molecule has 3 aromatic rings. The lowest BCUT2D eigenvalue weighted by Gasteiger charge is -2.08. The van der Waals surface area contributed by atoms with Crippen molar-refractivity contribution >= 4 is 22.9 Å². The van der Waals surface area contributed by atoms with Gasteiger partial charge in [-0.1, -0.05) is 36.4 Å². The summed E-state index contributed by atoms with van der Waals surface area (Å²) >= 11 is 1.43. The lowest BCUT2D eigenvalue weighted by atomic mass is 10.2. The van der Waals surface area contributed by atoms with Gasteiger partial charge in [-0.3, -0.25) is 4.79 Å². The lowest BCUT2D eigenvalue weighted by Crippen LogP contribution is -2.09. The topological polar surface area (TPSA) is 38.3 Å². The smallest absolute Gasteiger partial charge is 0.265 e. The molecule has 1 N–H and O–H groups in total. The van der Waals surface area contributed by atoms with Gasteiger partial charge in [-0.2, -0.15) is 0 Å². The zero-order valence-corrected chi connectivity index (χ0v) is 13.4. The Morgan fingerprint density at radius 1 is 0.957 bits per heavy atom. The molecular weight excluding hydrogens is 306 g/mol. The Morgan fingerprint density at radius 3 is 2.43 bits per heavy atom. The zero-order chi connectivity index (χ0) is 15.9. The Labute approximate surface area is 139 Å². The van der Waals surface area contributed by atoms with Crippen LogP contribution in [0.3, 0.4) is 0 Å². The van der Waals surface area contributed by atoms with Gasteiger partial charge in [-0.15, -0.1) is 11.3 Å². The molecule has 1 heterocycles. The molecule has 3 nitrogen and oxygen atoms in total. The van der Waals surface area contributed by atoms with E-state index < -0.39 is 0 Å². The minimum atomic E-state index is -0.0854. The van der Waals surface area contributed by atoms with Crippen LogP contribution in [0.2, 0.25) is 0 Å². The number of ether oxygens (including phenoxy) is 1. The summed E-state index contributed by atoms with van der Waals surface area (Å²) < 4.78 is 5.73. The molecule has 3 rings (SSSR count). The van der Waals surface area contributed by atoms with Gasteiger partial charge in [0, 0.05) is 12.1 Å². The SMILES string of the molecule is O=C(Nc1ccc(OCCc2ccccc2)cc1)c1cccs1. The molecule has 0 saturated heterocycles. The van der Waals surface area contributed by atoms with Gasteiger partial charge in [0.15, 0.2) is 0 Å². The number of nitrogens with one attached hydrogen (secondary N) is 1. The number of amides is 1. The van der Waals surface area contributed by atoms with Crippen molar-refractivity contribution in [2.24, 2.45) is 0 Å². The lowest BCUT2D eigenvalue weighted by molar-refractivity contribution is 0.103. The fraction of sp³-hybridized carbons (Fsp3) is 0.105. The van der Waals surface area contributed by atoms with E-state index in [0.717, 1.165) is 17.9 Å². The molecule has 0 radical (unpaired) electrons. The molecule has 0 spiro atoms. The largest absolute Gasteiger partial charge is 0.493 e. The van der Waals surface area contributed by atoms with E-state index in [2.05, 4.69) is 17.4 Å². The maximum Gasteiger partial charge on any atom is 0.265 e. The Hall–Kier alpha value is -2.59. The van der Waals surface area contributed by atoms with Gasteiger partial charge in [0.05, 0.1) is 11.5 Å². The third-order valence-corrected chi connectivity index (χ3v) is 4.23. The standard InChI is InChI=1S/C19H17NO2S/c21-19(18-7-4-14-23-18)20-16-8-10-17(11-9-16)22-13-12-15-5-2-1-3-6-15/h1-11,14H,12-13H2,(H,20,21). The van der Waals surface area contributed by atoms with E-state index >= 15 is 0 Å². The average Bonchev–Trinajstić information content (AvgIpc) is 3.12. The third kappa shape index (κ3) is 4.44. The minimum Gasteiger partial charge on any atom is -0.493 e. The number of rotatable bonds is 6. The number of benzene rings is 2. The highest BCUT2D eigenvalue weighted by Gasteiger charge is 2.06. The molecule has 2 aromatic carbocycles. The fourth-order valence-electron chi connectivity index (χ4n) is 2.17. The van der Waals surface area contributed by atoms with Crippen molar-refractivity contribution < 1.29 is 9.53 Å². The van der Waals surface area contributed by atoms with Crippen LogP contribution in [0.5, 0.6) is 5.75 Å². The van der Waals surface area contributed by atoms with Crippen LogP contribution in [0.25, 0.3) is 0 Å². The molecule has 0 aliphatic carbocycles. The summed E-state index contributed by atoms with van der Waals surface area (Å²) in [6.07, 6.45) is 0.873. The molecule has 0 fully saturated rings. The summed E-state index contributed by atoms with van der Waals surface area (Å²) in [6, 6.07) is 21.4. The van der Waals surface area contributed by atoms with E-state index in [4.69, 9.17) is 4.74 Å². The van der Waals surface area contributed by atoms with Crippen molar-refractivity contribution in [2.45, 2.75) is 6.42 Å². The molecule has 0 atom stereocenters. The maximum atomic E-state index is 12.0. The molecule has 0 aliphatic rings. The van der Waals surface area contributed by atoms with Crippen molar-refractivity contribution in [1.29, 1.82) is 0 Å². The number of anilines is 1. The summed E-state index contributed by atoms with van der Waals surface area (Å²) in [5, 5.41) is 4.76. The van der Waals surface area contributed by atoms with Crippen molar-refractivity contribution in [1.82, 2.24) is 0 Å². The predicted molar refractivity (Wildman–Crippen MR) is 94.4 cm³/mol. The minimum absolute atomic E-state index is 0.0854. The van der Waals surface area contributed by atoms with Gasteiger partial charge in [0.1, 0.15) is 5.75 Å². The van der Waals surface area contributed by atoms with E-state index in [1.54, 1.807) is 6.07 Å². The van der Waals surface area contributed by atoms with Gasteiger partial charge in [0.2, 0.25) is 0 Å². The van der Waals surface area contributed by atoms with E-state index in [9.17, 15) is 4.79 Å². The molecule has 1 aromatic heterocycles. The number of carbonyl (C=O) groups is 1. The quantitative estimate of drug-likeness (QED) is 0.718. The van der Waals surface area contributed by atoms with Crippen LogP contribution in [-0.2, 0) is 6.42 Å². The first-order valence-electron chi connectivity index (χ1n) is 7.43. The first kappa shape index (κ1) is 15.3. The average molecular weight is 323 g/mol. The van der Waals surface area contributed by atoms with Gasteiger partial charge < -0.3 is 10.1 Å². The maximum absolute atomic E-state index is 12.0. The fourth-order valence-corrected chi connectivity index (χ4v) is 2.79. The number of hydrogen-bond acceptors (Lipinski definition) is 3. The van der Waals surface area contributed by atoms with E-state index in [1.807, 2.05) is 53.9 Å². The van der Waals surface area contributed by atoms with Crippen LogP contribution < -0.4 is 10.1 Å². The first-order chi connectivity index (χ1) is 11.3. The van der Waals surface area contributed by atoms with E-state index in [1.165, 1.54) is 16.9 Å². The summed E-state index contributed by atoms with van der Waals surface area (Å²) in [4.78, 5) is 12.7. The third-order valence-electron chi connectivity index (χ3n) is 3.36. The highest BCUT2D eigenvalue weighted by atomic mass is 32.1. The van der Waals surface area contributed by atoms with Crippen LogP contribution in [0, 0.1) is 0 Å². The van der Waals surface area contributed by atoms with E-state index in [-0.39, 0.29) is 5.91 Å². The summed E-state index contributed by atoms with van der Waals surface area (Å²) in [5.74, 6) is 0.716. The molecule has 0 aliphatic heterocycles. The molecule has 0 unspecified atom stereocenters. The van der Waals surface area contributed by atoms with Gasteiger partial charge in [0.25, 0.3) is 5.91 Å². The monoisotopic (exact) mass is 323 g/mol. The van der Waals surface area contributed by atoms with Crippen molar-refractivity contribution in [3.63, 3.8) is 0 Å². The summed E-state index contributed by atoms with van der Waals surface area (Å²) in [6.45, 7) is 0.630. The normalized spacial score (nSPS) is 10.3. The molecule has 23 heavy (non-hydrogen) atoms. The highest BCUT2D eigenvalue weighted by Crippen LogP contribution is 2.18. The Balaban J connectivity index is 1.50. The van der Waals surface area contributed by atoms with Crippen LogP contribution in [0.4, 0.5) is 5.69 Å². The number of thiophene rings is 1. The van der Waals surface area contributed by atoms with Gasteiger partial charge in [-0.05, 0) is 41.3 Å². The van der Waals surface area contributed by atoms with E-state index in [0.29, 0.717) is 11.5 Å². The predicted octanol–water partition coefficient (Wildman–Crippen LogP) is 4.62. The molecule has 1 amide bonds. The van der Waals surface area contributed by atoms with Crippen LogP contribution >= 0.6 is 11.3 Å². The number of carbonyl (C=O) groups excluding carboxylic acids is 1. The van der Waals surface area contributed by atoms with Crippen LogP contribution in [0.1, 0.15) is 15.2 Å². The molecule has 0 bridgehead atoms. The second-order valence-corrected chi connectivity index (χ2v) is 5.99. The van der Waals surface area contributed by atoms with Gasteiger partial charge >= 0.3 is 0 Å². The van der Waals surface area contributed by atoms with Crippen LogP contribution in [-0.4, -0.2) is 12.5 Å².